The summed E-state index contributed by atoms with van der Waals surface area (Å²) in [7, 11) is 0. The number of phenols is 1. The second-order valence-electron chi connectivity index (χ2n) is 6.24. The molecule has 3 rings (SSSR count). The van der Waals surface area contributed by atoms with Crippen molar-refractivity contribution >= 4 is 21.8 Å². The van der Waals surface area contributed by atoms with Crippen LogP contribution in [0.3, 0.4) is 0 Å². The van der Waals surface area contributed by atoms with Gasteiger partial charge in [0, 0.05) is 12.5 Å². The molecule has 1 aliphatic rings. The summed E-state index contributed by atoms with van der Waals surface area (Å²) in [5.74, 6) is -0.220. The Hall–Kier alpha value is -2.03. The van der Waals surface area contributed by atoms with Crippen molar-refractivity contribution in [2.45, 2.75) is 37.9 Å². The van der Waals surface area contributed by atoms with Crippen LogP contribution in [0.5, 0.6) is 5.75 Å². The van der Waals surface area contributed by atoms with Crippen LogP contribution in [0.4, 0.5) is 13.2 Å². The second-order valence-corrected chi connectivity index (χ2v) is 7.04. The molecule has 1 heterocycles. The standard InChI is InChI=1S/C17H17BrF3N3O2/c18-14-15(11-3-4-11)24(23-16(14)17(19,20)21)9-13(26)22-8-7-10-1-5-12(25)6-2-10/h1-2,5-6,11,25H,3-4,7-9H2,(H,22,26). The minimum absolute atomic E-state index is 0.0118. The topological polar surface area (TPSA) is 67.2 Å². The molecule has 1 aliphatic carbocycles. The van der Waals surface area contributed by atoms with Gasteiger partial charge in [-0.2, -0.15) is 18.3 Å². The van der Waals surface area contributed by atoms with Gasteiger partial charge in [-0.1, -0.05) is 12.1 Å². The Labute approximate surface area is 156 Å². The minimum atomic E-state index is -4.57. The molecule has 2 aromatic rings. The summed E-state index contributed by atoms with van der Waals surface area (Å²) in [6, 6.07) is 6.60. The highest BCUT2D eigenvalue weighted by Crippen LogP contribution is 2.46. The molecule has 0 aliphatic heterocycles. The number of amides is 1. The van der Waals surface area contributed by atoms with E-state index in [2.05, 4.69) is 26.3 Å². The molecule has 0 unspecified atom stereocenters. The average molecular weight is 432 g/mol. The monoisotopic (exact) mass is 431 g/mol. The van der Waals surface area contributed by atoms with Gasteiger partial charge in [-0.15, -0.1) is 0 Å². The molecular weight excluding hydrogens is 415 g/mol. The number of aromatic nitrogens is 2. The van der Waals surface area contributed by atoms with Gasteiger partial charge in [0.1, 0.15) is 12.3 Å². The van der Waals surface area contributed by atoms with E-state index < -0.39 is 17.8 Å². The molecule has 2 N–H and O–H groups in total. The van der Waals surface area contributed by atoms with Gasteiger partial charge in [0.05, 0.1) is 10.2 Å². The Morgan fingerprint density at radius 1 is 1.31 bits per heavy atom. The van der Waals surface area contributed by atoms with E-state index >= 15 is 0 Å². The third-order valence-corrected chi connectivity index (χ3v) is 4.91. The normalized spacial score (nSPS) is 14.5. The molecule has 0 bridgehead atoms. The molecule has 1 fully saturated rings. The van der Waals surface area contributed by atoms with Crippen molar-refractivity contribution in [2.75, 3.05) is 6.54 Å². The molecule has 0 saturated heterocycles. The van der Waals surface area contributed by atoms with Crippen LogP contribution < -0.4 is 5.32 Å². The molecule has 140 valence electrons. The average Bonchev–Trinajstić information content (AvgIpc) is 3.33. The number of hydrogen-bond acceptors (Lipinski definition) is 3. The van der Waals surface area contributed by atoms with E-state index in [1.165, 1.54) is 0 Å². The number of halogens is 4. The zero-order chi connectivity index (χ0) is 18.9. The third-order valence-electron chi connectivity index (χ3n) is 4.13. The lowest BCUT2D eigenvalue weighted by Crippen LogP contribution is -2.30. The first-order valence-electron chi connectivity index (χ1n) is 8.13. The van der Waals surface area contributed by atoms with Crippen LogP contribution in [-0.2, 0) is 23.9 Å². The number of hydrogen-bond donors (Lipinski definition) is 2. The van der Waals surface area contributed by atoms with E-state index in [0.29, 0.717) is 18.7 Å². The van der Waals surface area contributed by atoms with Crippen molar-refractivity contribution in [1.82, 2.24) is 15.1 Å². The van der Waals surface area contributed by atoms with Crippen molar-refractivity contribution in [2.24, 2.45) is 0 Å². The zero-order valence-corrected chi connectivity index (χ0v) is 15.3. The number of rotatable bonds is 6. The Morgan fingerprint density at radius 3 is 2.54 bits per heavy atom. The van der Waals surface area contributed by atoms with E-state index in [9.17, 15) is 23.1 Å². The number of benzene rings is 1. The largest absolute Gasteiger partial charge is 0.508 e. The number of carbonyl (C=O) groups is 1. The minimum Gasteiger partial charge on any atom is -0.508 e. The van der Waals surface area contributed by atoms with E-state index in [4.69, 9.17) is 0 Å². The molecule has 26 heavy (non-hydrogen) atoms. The lowest BCUT2D eigenvalue weighted by Gasteiger charge is -2.08. The molecule has 5 nitrogen and oxygen atoms in total. The van der Waals surface area contributed by atoms with Crippen molar-refractivity contribution in [1.29, 1.82) is 0 Å². The van der Waals surface area contributed by atoms with Gasteiger partial charge in [-0.3, -0.25) is 9.48 Å². The van der Waals surface area contributed by atoms with Crippen LogP contribution >= 0.6 is 15.9 Å². The molecule has 1 aromatic heterocycles. The van der Waals surface area contributed by atoms with Gasteiger partial charge in [-0.05, 0) is 52.9 Å². The highest BCUT2D eigenvalue weighted by molar-refractivity contribution is 9.10. The van der Waals surface area contributed by atoms with Gasteiger partial charge in [0.15, 0.2) is 5.69 Å². The van der Waals surface area contributed by atoms with Crippen LogP contribution in [0.25, 0.3) is 0 Å². The van der Waals surface area contributed by atoms with Crippen LogP contribution in [-0.4, -0.2) is 27.3 Å². The van der Waals surface area contributed by atoms with E-state index in [0.717, 1.165) is 23.1 Å². The fourth-order valence-electron chi connectivity index (χ4n) is 2.70. The van der Waals surface area contributed by atoms with Crippen molar-refractivity contribution in [3.63, 3.8) is 0 Å². The molecule has 1 saturated carbocycles. The number of aromatic hydroxyl groups is 1. The van der Waals surface area contributed by atoms with Crippen molar-refractivity contribution < 1.29 is 23.1 Å². The van der Waals surface area contributed by atoms with E-state index in [-0.39, 0.29) is 22.7 Å². The van der Waals surface area contributed by atoms with Crippen LogP contribution in [0.1, 0.15) is 35.7 Å². The quantitative estimate of drug-likeness (QED) is 0.733. The van der Waals surface area contributed by atoms with Gasteiger partial charge in [0.25, 0.3) is 0 Å². The predicted molar refractivity (Wildman–Crippen MR) is 91.7 cm³/mol. The van der Waals surface area contributed by atoms with Crippen LogP contribution in [0, 0.1) is 0 Å². The first kappa shape index (κ1) is 18.8. The molecule has 1 aromatic carbocycles. The lowest BCUT2D eigenvalue weighted by molar-refractivity contribution is -0.142. The molecule has 0 atom stereocenters. The zero-order valence-electron chi connectivity index (χ0n) is 13.7. The molecule has 1 amide bonds. The summed E-state index contributed by atoms with van der Waals surface area (Å²) in [4.78, 5) is 12.1. The Morgan fingerprint density at radius 2 is 1.96 bits per heavy atom. The van der Waals surface area contributed by atoms with Crippen LogP contribution in [0.2, 0.25) is 0 Å². The Bertz CT molecular complexity index is 799. The van der Waals surface area contributed by atoms with Gasteiger partial charge in [0.2, 0.25) is 5.91 Å². The second kappa shape index (κ2) is 7.30. The Balaban J connectivity index is 1.62. The van der Waals surface area contributed by atoms with Gasteiger partial charge in [-0.25, -0.2) is 0 Å². The number of phenolic OH excluding ortho intramolecular Hbond substituents is 1. The maximum atomic E-state index is 13.1. The number of nitrogens with one attached hydrogen (secondary N) is 1. The number of alkyl halides is 3. The smallest absolute Gasteiger partial charge is 0.436 e. The Kier molecular flexibility index (Phi) is 5.27. The lowest BCUT2D eigenvalue weighted by atomic mass is 10.1. The summed E-state index contributed by atoms with van der Waals surface area (Å²) in [5.41, 5.74) is 0.380. The summed E-state index contributed by atoms with van der Waals surface area (Å²) in [6.07, 6.45) is -2.42. The molecule has 0 radical (unpaired) electrons. The van der Waals surface area contributed by atoms with E-state index in [1.807, 2.05) is 0 Å². The predicted octanol–water partition coefficient (Wildman–Crippen LogP) is 3.61. The summed E-state index contributed by atoms with van der Waals surface area (Å²) >= 11 is 3.00. The maximum absolute atomic E-state index is 13.1. The number of carbonyl (C=O) groups excluding carboxylic acids is 1. The summed E-state index contributed by atoms with van der Waals surface area (Å²) in [6.45, 7) is 0.0903. The fraction of sp³-hybridized carbons (Fsp3) is 0.412. The first-order chi connectivity index (χ1) is 12.3. The van der Waals surface area contributed by atoms with Crippen molar-refractivity contribution in [3.05, 3.63) is 45.7 Å². The third kappa shape index (κ3) is 4.38. The molecular formula is C17H17BrF3N3O2. The van der Waals surface area contributed by atoms with E-state index in [1.54, 1.807) is 24.3 Å². The van der Waals surface area contributed by atoms with Gasteiger partial charge >= 0.3 is 6.18 Å². The van der Waals surface area contributed by atoms with Crippen molar-refractivity contribution in [3.8, 4) is 5.75 Å². The highest BCUT2D eigenvalue weighted by Gasteiger charge is 2.41. The maximum Gasteiger partial charge on any atom is 0.436 e. The molecule has 0 spiro atoms. The number of nitrogens with zero attached hydrogens (tertiary/aromatic N) is 2. The fourth-order valence-corrected chi connectivity index (χ4v) is 3.53. The first-order valence-corrected chi connectivity index (χ1v) is 8.93. The SMILES string of the molecule is O=C(Cn1nc(C(F)(F)F)c(Br)c1C1CC1)NCCc1ccc(O)cc1. The summed E-state index contributed by atoms with van der Waals surface area (Å²) in [5, 5.41) is 15.5. The highest BCUT2D eigenvalue weighted by atomic mass is 79.9. The van der Waals surface area contributed by atoms with Crippen LogP contribution in [0.15, 0.2) is 28.7 Å². The van der Waals surface area contributed by atoms with Gasteiger partial charge < -0.3 is 10.4 Å². The molecule has 9 heteroatoms. The summed E-state index contributed by atoms with van der Waals surface area (Å²) < 4.78 is 40.3.